The molecule has 0 atom stereocenters. The zero-order valence-corrected chi connectivity index (χ0v) is 16.4. The molecule has 0 unspecified atom stereocenters. The topological polar surface area (TPSA) is 77.9 Å². The highest BCUT2D eigenvalue weighted by Crippen LogP contribution is 2.27. The Morgan fingerprint density at radius 1 is 0.893 bits per heavy atom. The molecule has 6 heteroatoms. The summed E-state index contributed by atoms with van der Waals surface area (Å²) in [6.07, 6.45) is 8.05. The highest BCUT2D eigenvalue weighted by Gasteiger charge is 2.32. The number of carbonyl (C=O) groups excluding carboxylic acids is 2. The first-order valence-corrected chi connectivity index (χ1v) is 10.4. The van der Waals surface area contributed by atoms with Crippen LogP contribution in [-0.4, -0.2) is 45.9 Å². The van der Waals surface area contributed by atoms with Crippen LogP contribution >= 0.6 is 0 Å². The average Bonchev–Trinajstić information content (AvgIpc) is 2.73. The van der Waals surface area contributed by atoms with Crippen LogP contribution in [0.1, 0.15) is 62.5 Å². The molecule has 1 aromatic rings. The highest BCUT2D eigenvalue weighted by molar-refractivity contribution is 5.95. The minimum Gasteiger partial charge on any atom is -0.481 e. The van der Waals surface area contributed by atoms with Gasteiger partial charge in [0.1, 0.15) is 0 Å². The van der Waals surface area contributed by atoms with Crippen molar-refractivity contribution in [2.24, 2.45) is 5.92 Å². The zero-order valence-electron chi connectivity index (χ0n) is 16.4. The molecule has 3 amide bonds. The molecule has 1 aliphatic heterocycles. The molecule has 28 heavy (non-hydrogen) atoms. The Balaban J connectivity index is 1.75. The van der Waals surface area contributed by atoms with Gasteiger partial charge < -0.3 is 10.0 Å². The molecule has 0 aromatic heterocycles. The number of benzene rings is 1. The Bertz CT molecular complexity index is 659. The highest BCUT2D eigenvalue weighted by atomic mass is 16.4. The fraction of sp³-hybridized carbons (Fsp3) is 0.591. The Hall–Kier alpha value is -2.37. The number of nitrogens with zero attached hydrogens (tertiary/aromatic N) is 2. The third kappa shape index (κ3) is 5.33. The summed E-state index contributed by atoms with van der Waals surface area (Å²) in [6.45, 7) is 1.67. The molecule has 1 aromatic carbocycles. The Kier molecular flexibility index (Phi) is 7.06. The van der Waals surface area contributed by atoms with E-state index in [9.17, 15) is 14.4 Å². The summed E-state index contributed by atoms with van der Waals surface area (Å²) in [5.41, 5.74) is 1.56. The van der Waals surface area contributed by atoms with Gasteiger partial charge in [-0.25, -0.2) is 4.79 Å². The Morgan fingerprint density at radius 2 is 1.46 bits per heavy atom. The third-order valence-electron chi connectivity index (χ3n) is 5.80. The first-order chi connectivity index (χ1) is 13.5. The van der Waals surface area contributed by atoms with Crippen LogP contribution in [0.2, 0.25) is 0 Å². The maximum absolute atomic E-state index is 13.2. The second-order valence-corrected chi connectivity index (χ2v) is 7.98. The van der Waals surface area contributed by atoms with E-state index >= 15 is 0 Å². The lowest BCUT2D eigenvalue weighted by atomic mass is 9.88. The van der Waals surface area contributed by atoms with Gasteiger partial charge in [0.2, 0.25) is 5.91 Å². The van der Waals surface area contributed by atoms with Crippen molar-refractivity contribution in [3.8, 4) is 0 Å². The molecule has 0 bridgehead atoms. The summed E-state index contributed by atoms with van der Waals surface area (Å²) in [6, 6.07) is 6.99. The largest absolute Gasteiger partial charge is 0.481 e. The fourth-order valence-corrected chi connectivity index (χ4v) is 4.19. The minimum absolute atomic E-state index is 0.0301. The van der Waals surface area contributed by atoms with Crippen LogP contribution in [0.4, 0.5) is 4.79 Å². The number of carbonyl (C=O) groups is 3. The number of carboxylic acids is 1. The molecule has 152 valence electrons. The molecule has 0 spiro atoms. The molecule has 3 rings (SSSR count). The monoisotopic (exact) mass is 386 g/mol. The average molecular weight is 386 g/mol. The van der Waals surface area contributed by atoms with Crippen molar-refractivity contribution in [1.82, 2.24) is 9.80 Å². The zero-order chi connectivity index (χ0) is 19.9. The molecule has 2 aliphatic rings. The lowest BCUT2D eigenvalue weighted by Gasteiger charge is -2.34. The standard InChI is InChI=1S/C22H30N2O4/c25-20(26)15-17-9-11-18(12-10-17)16-24(21(27)19-7-3-1-4-8-19)22(28)23-13-5-2-6-14-23/h9-12,19H,1-8,13-16H2,(H,25,26). The number of piperidine rings is 1. The van der Waals surface area contributed by atoms with Gasteiger partial charge in [0.05, 0.1) is 13.0 Å². The lowest BCUT2D eigenvalue weighted by Crippen LogP contribution is -2.49. The van der Waals surface area contributed by atoms with Crippen LogP contribution < -0.4 is 0 Å². The molecule has 1 saturated heterocycles. The number of carboxylic acid groups (broad SMARTS) is 1. The maximum atomic E-state index is 13.2. The van der Waals surface area contributed by atoms with E-state index in [0.717, 1.165) is 56.9 Å². The van der Waals surface area contributed by atoms with Crippen molar-refractivity contribution in [3.63, 3.8) is 0 Å². The predicted octanol–water partition coefficient (Wildman–Crippen LogP) is 3.83. The number of hydrogen-bond donors (Lipinski definition) is 1. The summed E-state index contributed by atoms with van der Waals surface area (Å²) in [5.74, 6) is -0.985. The molecule has 2 fully saturated rings. The van der Waals surface area contributed by atoms with E-state index in [2.05, 4.69) is 0 Å². The number of likely N-dealkylation sites (tertiary alicyclic amines) is 1. The number of aliphatic carboxylic acids is 1. The second kappa shape index (κ2) is 9.71. The van der Waals surface area contributed by atoms with E-state index in [-0.39, 0.29) is 30.8 Å². The van der Waals surface area contributed by atoms with Crippen LogP contribution in [0.3, 0.4) is 0 Å². The van der Waals surface area contributed by atoms with Gasteiger partial charge in [-0.3, -0.25) is 14.5 Å². The number of rotatable bonds is 5. The van der Waals surface area contributed by atoms with Gasteiger partial charge in [0.15, 0.2) is 0 Å². The molecule has 1 heterocycles. The van der Waals surface area contributed by atoms with Crippen LogP contribution in [0.15, 0.2) is 24.3 Å². The smallest absolute Gasteiger partial charge is 0.327 e. The molecule has 1 saturated carbocycles. The second-order valence-electron chi connectivity index (χ2n) is 7.98. The van der Waals surface area contributed by atoms with E-state index in [1.54, 1.807) is 12.1 Å². The summed E-state index contributed by atoms with van der Waals surface area (Å²) in [7, 11) is 0. The maximum Gasteiger partial charge on any atom is 0.327 e. The van der Waals surface area contributed by atoms with E-state index in [1.807, 2.05) is 17.0 Å². The van der Waals surface area contributed by atoms with Gasteiger partial charge in [-0.2, -0.15) is 0 Å². The number of amides is 3. The number of imide groups is 1. The van der Waals surface area contributed by atoms with Crippen LogP contribution in [0, 0.1) is 5.92 Å². The molecule has 6 nitrogen and oxygen atoms in total. The molecular weight excluding hydrogens is 356 g/mol. The molecular formula is C22H30N2O4. The minimum atomic E-state index is -0.873. The first-order valence-electron chi connectivity index (χ1n) is 10.4. The summed E-state index contributed by atoms with van der Waals surface area (Å²) in [5, 5.41) is 8.91. The summed E-state index contributed by atoms with van der Waals surface area (Å²) < 4.78 is 0. The predicted molar refractivity (Wildman–Crippen MR) is 106 cm³/mol. The number of urea groups is 1. The SMILES string of the molecule is O=C(O)Cc1ccc(CN(C(=O)C2CCCCC2)C(=O)N2CCCCC2)cc1. The van der Waals surface area contributed by atoms with E-state index in [4.69, 9.17) is 5.11 Å². The van der Waals surface area contributed by atoms with Crippen LogP contribution in [0.25, 0.3) is 0 Å². The van der Waals surface area contributed by atoms with Gasteiger partial charge in [-0.1, -0.05) is 43.5 Å². The molecule has 1 aliphatic carbocycles. The third-order valence-corrected chi connectivity index (χ3v) is 5.80. The Labute approximate surface area is 166 Å². The van der Waals surface area contributed by atoms with Gasteiger partial charge in [-0.15, -0.1) is 0 Å². The van der Waals surface area contributed by atoms with Crippen molar-refractivity contribution in [3.05, 3.63) is 35.4 Å². The molecule has 1 N–H and O–H groups in total. The Morgan fingerprint density at radius 3 is 2.07 bits per heavy atom. The first kappa shape index (κ1) is 20.4. The van der Waals surface area contributed by atoms with E-state index in [0.29, 0.717) is 18.7 Å². The normalized spacial score (nSPS) is 17.9. The van der Waals surface area contributed by atoms with Crippen molar-refractivity contribution in [2.45, 2.75) is 64.3 Å². The van der Waals surface area contributed by atoms with Crippen LogP contribution in [-0.2, 0) is 22.6 Å². The van der Waals surface area contributed by atoms with Gasteiger partial charge >= 0.3 is 12.0 Å². The quantitative estimate of drug-likeness (QED) is 0.834. The van der Waals surface area contributed by atoms with Crippen molar-refractivity contribution >= 4 is 17.9 Å². The number of hydrogen-bond acceptors (Lipinski definition) is 3. The van der Waals surface area contributed by atoms with Gasteiger partial charge in [0.25, 0.3) is 0 Å². The van der Waals surface area contributed by atoms with E-state index in [1.165, 1.54) is 4.90 Å². The van der Waals surface area contributed by atoms with Crippen molar-refractivity contribution in [2.75, 3.05) is 13.1 Å². The van der Waals surface area contributed by atoms with Gasteiger partial charge in [-0.05, 0) is 43.2 Å². The van der Waals surface area contributed by atoms with Gasteiger partial charge in [0, 0.05) is 19.0 Å². The summed E-state index contributed by atoms with van der Waals surface area (Å²) in [4.78, 5) is 40.5. The lowest BCUT2D eigenvalue weighted by molar-refractivity contribution is -0.136. The fourth-order valence-electron chi connectivity index (χ4n) is 4.19. The summed E-state index contributed by atoms with van der Waals surface area (Å²) >= 11 is 0. The van der Waals surface area contributed by atoms with Crippen molar-refractivity contribution in [1.29, 1.82) is 0 Å². The van der Waals surface area contributed by atoms with E-state index < -0.39 is 5.97 Å². The molecule has 0 radical (unpaired) electrons. The van der Waals surface area contributed by atoms with Crippen LogP contribution in [0.5, 0.6) is 0 Å². The van der Waals surface area contributed by atoms with Crippen molar-refractivity contribution < 1.29 is 19.5 Å².